The van der Waals surface area contributed by atoms with Gasteiger partial charge in [0.15, 0.2) is 23.3 Å². The molecule has 144 valence electrons. The second-order valence-electron chi connectivity index (χ2n) is 6.53. The molecular weight excluding hydrogens is 399 g/mol. The summed E-state index contributed by atoms with van der Waals surface area (Å²) in [5.74, 6) is -8.14. The summed E-state index contributed by atoms with van der Waals surface area (Å²) < 4.78 is 65.2. The summed E-state index contributed by atoms with van der Waals surface area (Å²) in [6.07, 6.45) is 1.47. The van der Waals surface area contributed by atoms with Crippen molar-refractivity contribution >= 4 is 29.2 Å². The van der Waals surface area contributed by atoms with E-state index in [1.807, 2.05) is 0 Å². The van der Waals surface area contributed by atoms with Crippen molar-refractivity contribution in [3.63, 3.8) is 0 Å². The summed E-state index contributed by atoms with van der Waals surface area (Å²) in [6, 6.07) is 0. The van der Waals surface area contributed by atoms with Gasteiger partial charge in [-0.1, -0.05) is 37.0 Å². The molecule has 3 nitrogen and oxygen atoms in total. The van der Waals surface area contributed by atoms with Crippen LogP contribution in [0.2, 0.25) is 0 Å². The van der Waals surface area contributed by atoms with Gasteiger partial charge in [0, 0.05) is 7.11 Å². The van der Waals surface area contributed by atoms with Crippen LogP contribution in [0.25, 0.3) is 0 Å². The smallest absolute Gasteiger partial charge is 0.310 e. The maximum atomic E-state index is 14.0. The quantitative estimate of drug-likeness (QED) is 0.372. The molecule has 1 aromatic rings. The van der Waals surface area contributed by atoms with Gasteiger partial charge in [-0.05, 0) is 17.4 Å². The van der Waals surface area contributed by atoms with Gasteiger partial charge in [-0.3, -0.25) is 4.79 Å². The Bertz CT molecular complexity index is 732. The molecule has 2 unspecified atom stereocenters. The zero-order chi connectivity index (χ0) is 19.8. The predicted octanol–water partition coefficient (Wildman–Crippen LogP) is 5.02. The van der Waals surface area contributed by atoms with Gasteiger partial charge < -0.3 is 9.47 Å². The van der Waals surface area contributed by atoms with Crippen molar-refractivity contribution in [2.45, 2.75) is 27.1 Å². The van der Waals surface area contributed by atoms with Gasteiger partial charge in [0.05, 0.1) is 23.7 Å². The molecule has 9 heteroatoms. The van der Waals surface area contributed by atoms with Gasteiger partial charge in [-0.15, -0.1) is 0 Å². The van der Waals surface area contributed by atoms with Crippen LogP contribution < -0.4 is 0 Å². The number of allylic oxidation sites excluding steroid dienone is 1. The molecule has 1 fully saturated rings. The fourth-order valence-corrected chi connectivity index (χ4v) is 3.20. The van der Waals surface area contributed by atoms with Crippen LogP contribution in [0.1, 0.15) is 25.0 Å². The maximum absolute atomic E-state index is 14.0. The highest BCUT2D eigenvalue weighted by Crippen LogP contribution is 2.60. The summed E-state index contributed by atoms with van der Waals surface area (Å²) in [7, 11) is 1.12. The molecule has 0 bridgehead atoms. The van der Waals surface area contributed by atoms with E-state index in [1.165, 1.54) is 6.08 Å². The van der Waals surface area contributed by atoms with Crippen LogP contribution in [0.4, 0.5) is 17.6 Å². The normalized spacial score (nSPS) is 20.7. The summed E-state index contributed by atoms with van der Waals surface area (Å²) >= 11 is 11.2. The van der Waals surface area contributed by atoms with Crippen molar-refractivity contribution in [3.8, 4) is 0 Å². The summed E-state index contributed by atoms with van der Waals surface area (Å²) in [4.78, 5) is 12.2. The lowest BCUT2D eigenvalue weighted by molar-refractivity contribution is -0.147. The average Bonchev–Trinajstić information content (AvgIpc) is 3.09. The van der Waals surface area contributed by atoms with E-state index in [0.29, 0.717) is 0 Å². The van der Waals surface area contributed by atoms with Crippen molar-refractivity contribution in [1.82, 2.24) is 0 Å². The molecule has 1 aliphatic rings. The predicted molar refractivity (Wildman–Crippen MR) is 87.3 cm³/mol. The second-order valence-corrected chi connectivity index (χ2v) is 7.54. The molecule has 0 spiro atoms. The zero-order valence-corrected chi connectivity index (χ0v) is 15.7. The summed E-state index contributed by atoms with van der Waals surface area (Å²) in [5, 5.41) is 0. The number of hydrogen-bond acceptors (Lipinski definition) is 3. The van der Waals surface area contributed by atoms with Crippen molar-refractivity contribution in [1.29, 1.82) is 0 Å². The fourth-order valence-electron chi connectivity index (χ4n) is 2.93. The van der Waals surface area contributed by atoms with Gasteiger partial charge >= 0.3 is 5.97 Å². The Labute approximate surface area is 157 Å². The Balaban J connectivity index is 2.18. The van der Waals surface area contributed by atoms with Crippen molar-refractivity contribution in [2.75, 3.05) is 7.11 Å². The SMILES string of the molecule is COCc1c(F)c(F)c(COC(=O)C2C(C=C(Cl)Cl)C2(C)C)c(F)c1F. The number of benzene rings is 1. The molecule has 2 atom stereocenters. The van der Waals surface area contributed by atoms with Crippen molar-refractivity contribution < 1.29 is 31.8 Å². The molecular formula is C17H16Cl2F4O3. The van der Waals surface area contributed by atoms with E-state index in [1.54, 1.807) is 13.8 Å². The first kappa shape index (κ1) is 21.0. The number of methoxy groups -OCH3 is 1. The lowest BCUT2D eigenvalue weighted by Crippen LogP contribution is -2.15. The standard InChI is InChI=1S/C17H16Cl2F4O3/c1-17(2)9(4-10(18)19)11(17)16(24)26-6-8-14(22)12(20)7(5-25-3)13(21)15(8)23/h4,9,11H,5-6H2,1-3H3. The highest BCUT2D eigenvalue weighted by atomic mass is 35.5. The first-order valence-corrected chi connectivity index (χ1v) is 8.31. The maximum Gasteiger partial charge on any atom is 0.310 e. The van der Waals surface area contributed by atoms with E-state index < -0.39 is 64.9 Å². The van der Waals surface area contributed by atoms with E-state index in [4.69, 9.17) is 27.9 Å². The lowest BCUT2D eigenvalue weighted by atomic mass is 10.1. The van der Waals surface area contributed by atoms with Crippen molar-refractivity contribution in [3.05, 3.63) is 45.0 Å². The van der Waals surface area contributed by atoms with Crippen LogP contribution in [0.3, 0.4) is 0 Å². The third-order valence-electron chi connectivity index (χ3n) is 4.56. The van der Waals surface area contributed by atoms with Gasteiger partial charge in [0.1, 0.15) is 11.1 Å². The van der Waals surface area contributed by atoms with Crippen LogP contribution in [-0.2, 0) is 27.5 Å². The molecule has 0 amide bonds. The Morgan fingerprint density at radius 3 is 1.92 bits per heavy atom. The average molecular weight is 415 g/mol. The highest BCUT2D eigenvalue weighted by molar-refractivity contribution is 6.55. The van der Waals surface area contributed by atoms with Gasteiger partial charge in [-0.25, -0.2) is 17.6 Å². The number of carbonyl (C=O) groups excluding carboxylic acids is 1. The number of rotatable bonds is 6. The van der Waals surface area contributed by atoms with Gasteiger partial charge in [0.2, 0.25) is 0 Å². The molecule has 0 aromatic heterocycles. The van der Waals surface area contributed by atoms with Gasteiger partial charge in [0.25, 0.3) is 0 Å². The van der Waals surface area contributed by atoms with E-state index in [0.717, 1.165) is 7.11 Å². The molecule has 1 aromatic carbocycles. The first-order valence-electron chi connectivity index (χ1n) is 7.56. The third kappa shape index (κ3) is 3.85. The van der Waals surface area contributed by atoms with E-state index in [-0.39, 0.29) is 10.4 Å². The Kier molecular flexibility index (Phi) is 6.25. The van der Waals surface area contributed by atoms with Crippen LogP contribution in [0.5, 0.6) is 0 Å². The minimum Gasteiger partial charge on any atom is -0.460 e. The molecule has 0 N–H and O–H groups in total. The van der Waals surface area contributed by atoms with E-state index in [9.17, 15) is 22.4 Å². The van der Waals surface area contributed by atoms with Crippen LogP contribution >= 0.6 is 23.2 Å². The number of esters is 1. The monoisotopic (exact) mass is 414 g/mol. The minimum absolute atomic E-state index is 0.0201. The van der Waals surface area contributed by atoms with Crippen LogP contribution in [0.15, 0.2) is 10.6 Å². The Morgan fingerprint density at radius 1 is 1.04 bits per heavy atom. The molecule has 0 saturated heterocycles. The molecule has 0 heterocycles. The molecule has 1 saturated carbocycles. The lowest BCUT2D eigenvalue weighted by Gasteiger charge is -2.12. The van der Waals surface area contributed by atoms with E-state index in [2.05, 4.69) is 4.74 Å². The molecule has 0 radical (unpaired) electrons. The van der Waals surface area contributed by atoms with E-state index >= 15 is 0 Å². The molecule has 0 aliphatic heterocycles. The summed E-state index contributed by atoms with van der Waals surface area (Å²) in [6.45, 7) is 1.93. The first-order chi connectivity index (χ1) is 12.0. The molecule has 1 aliphatic carbocycles. The second kappa shape index (κ2) is 7.74. The van der Waals surface area contributed by atoms with Crippen LogP contribution in [-0.4, -0.2) is 13.1 Å². The van der Waals surface area contributed by atoms with Crippen LogP contribution in [0, 0.1) is 40.5 Å². The topological polar surface area (TPSA) is 35.5 Å². The zero-order valence-electron chi connectivity index (χ0n) is 14.1. The Hall–Kier alpha value is -1.31. The molecule has 26 heavy (non-hydrogen) atoms. The Morgan fingerprint density at radius 2 is 1.50 bits per heavy atom. The van der Waals surface area contributed by atoms with Crippen molar-refractivity contribution in [2.24, 2.45) is 17.3 Å². The fraction of sp³-hybridized carbons (Fsp3) is 0.471. The highest BCUT2D eigenvalue weighted by Gasteiger charge is 2.61. The third-order valence-corrected chi connectivity index (χ3v) is 4.81. The largest absolute Gasteiger partial charge is 0.460 e. The molecule has 2 rings (SSSR count). The van der Waals surface area contributed by atoms with Gasteiger partial charge in [-0.2, -0.15) is 0 Å². The number of ether oxygens (including phenoxy) is 2. The number of hydrogen-bond donors (Lipinski definition) is 0. The summed E-state index contributed by atoms with van der Waals surface area (Å²) in [5.41, 5.74) is -2.39. The minimum atomic E-state index is -1.63. The number of carbonyl (C=O) groups is 1. The number of halogens is 6.